The second-order valence-corrected chi connectivity index (χ2v) is 12.1. The van der Waals surface area contributed by atoms with Gasteiger partial charge in [-0.1, -0.05) is 48.5 Å². The summed E-state index contributed by atoms with van der Waals surface area (Å²) in [6.45, 7) is 0.712. The van der Waals surface area contributed by atoms with Crippen molar-refractivity contribution in [1.82, 2.24) is 24.2 Å². The summed E-state index contributed by atoms with van der Waals surface area (Å²) in [5.74, 6) is -0.746. The van der Waals surface area contributed by atoms with Gasteiger partial charge in [0.05, 0.1) is 31.3 Å². The van der Waals surface area contributed by atoms with Crippen molar-refractivity contribution < 1.29 is 33.3 Å². The van der Waals surface area contributed by atoms with Crippen LogP contribution in [0.5, 0.6) is 0 Å². The fraction of sp³-hybridized carbons (Fsp3) is 0.333. The first kappa shape index (κ1) is 28.1. The lowest BCUT2D eigenvalue weighted by Crippen LogP contribution is -2.45. The molecule has 220 valence electrons. The Labute approximate surface area is 239 Å². The molecule has 2 aliphatic rings. The lowest BCUT2D eigenvalue weighted by molar-refractivity contribution is -0.117. The lowest BCUT2D eigenvalue weighted by atomic mass is 9.79. The quantitative estimate of drug-likeness (QED) is 0.203. The van der Waals surface area contributed by atoms with E-state index in [9.17, 15) is 33.3 Å². The maximum atomic E-state index is 13.4. The number of fused-ring (bicyclic) bond motifs is 4. The number of carbonyl (C=O) groups is 1. The summed E-state index contributed by atoms with van der Waals surface area (Å²) in [4.78, 5) is 39.1. The van der Waals surface area contributed by atoms with Gasteiger partial charge in [0.2, 0.25) is 21.9 Å². The molecule has 3 heterocycles. The molecule has 1 saturated heterocycles. The average molecular weight is 597 g/mol. The summed E-state index contributed by atoms with van der Waals surface area (Å²) < 4.78 is 34.8. The van der Waals surface area contributed by atoms with Crippen LogP contribution in [-0.2, 0) is 19.6 Å². The van der Waals surface area contributed by atoms with Gasteiger partial charge in [-0.2, -0.15) is 4.98 Å². The summed E-state index contributed by atoms with van der Waals surface area (Å²) >= 11 is 0. The Morgan fingerprint density at radius 2 is 1.74 bits per heavy atom. The van der Waals surface area contributed by atoms with E-state index in [1.54, 1.807) is 24.3 Å². The van der Waals surface area contributed by atoms with E-state index in [1.165, 1.54) is 22.7 Å². The number of H-pyrrole nitrogens is 1. The van der Waals surface area contributed by atoms with Crippen molar-refractivity contribution in [2.45, 2.75) is 43.5 Å². The Hall–Kier alpha value is -3.99. The molecule has 0 saturated carbocycles. The van der Waals surface area contributed by atoms with Gasteiger partial charge in [-0.15, -0.1) is 0 Å². The Kier molecular flexibility index (Phi) is 6.95. The minimum Gasteiger partial charge on any atom is -0.394 e. The van der Waals surface area contributed by atoms with E-state index in [1.807, 2.05) is 24.3 Å². The Morgan fingerprint density at radius 3 is 2.36 bits per heavy atom. The lowest BCUT2D eigenvalue weighted by Gasteiger charge is -2.40. The number of ether oxygens (including phenoxy) is 1. The molecule has 1 amide bonds. The zero-order valence-corrected chi connectivity index (χ0v) is 23.3. The highest BCUT2D eigenvalue weighted by molar-refractivity contribution is 7.88. The zero-order chi connectivity index (χ0) is 29.9. The molecule has 0 bridgehead atoms. The number of nitrogens with zero attached hydrogens (tertiary/aromatic N) is 4. The van der Waals surface area contributed by atoms with Crippen molar-refractivity contribution in [1.29, 1.82) is 0 Å². The van der Waals surface area contributed by atoms with Crippen LogP contribution in [0.1, 0.15) is 36.4 Å². The molecule has 6 rings (SSSR count). The smallest absolute Gasteiger partial charge is 0.280 e. The number of rotatable bonds is 6. The highest BCUT2D eigenvalue weighted by atomic mass is 32.2. The molecule has 2 aromatic carbocycles. The number of aliphatic hydroxyl groups excluding tert-OH is 3. The van der Waals surface area contributed by atoms with E-state index in [2.05, 4.69) is 19.7 Å². The van der Waals surface area contributed by atoms with Gasteiger partial charge < -0.3 is 20.1 Å². The molecule has 14 nitrogen and oxygen atoms in total. The van der Waals surface area contributed by atoms with Crippen LogP contribution in [0.25, 0.3) is 22.3 Å². The minimum atomic E-state index is -3.80. The van der Waals surface area contributed by atoms with E-state index >= 15 is 0 Å². The maximum Gasteiger partial charge on any atom is 0.280 e. The van der Waals surface area contributed by atoms with E-state index in [0.717, 1.165) is 17.4 Å². The second kappa shape index (κ2) is 10.4. The number of sulfonamides is 1. The maximum absolute atomic E-state index is 13.4. The SMILES string of the molecule is CC(=O)N(c1nc2c(ncn2[C@@H]2O[C@H](CO)[C@@H](O)[C@H]2O)c(=O)[nH]1)[C@H]1c2ccccc2-c2ccccc2[C@@H]1NS(C)(=O)=O. The standard InChI is InChI=1S/C27H28N6O8S/c1-13(35)33(21-17-10-6-4-8-15(17)14-7-3-5-9-16(14)19(21)31-42(2,39)40)27-29-24-20(25(38)30-27)28-12-32(24)26-23(37)22(36)18(11-34)41-26/h3-10,12,18-19,21-23,26,31,34,36-37H,11H2,1-2H3,(H,29,30,38)/t18-,19+,21+,22-,23-,26-/m1/s1. The molecule has 0 unspecified atom stereocenters. The molecular weight excluding hydrogens is 568 g/mol. The molecule has 0 radical (unpaired) electrons. The molecule has 15 heteroatoms. The normalized spacial score (nSPS) is 25.3. The number of carbonyl (C=O) groups excluding carboxylic acids is 1. The first-order chi connectivity index (χ1) is 20.0. The van der Waals surface area contributed by atoms with Gasteiger partial charge in [-0.25, -0.2) is 18.1 Å². The summed E-state index contributed by atoms with van der Waals surface area (Å²) in [5.41, 5.74) is 1.91. The predicted octanol–water partition coefficient (Wildman–Crippen LogP) is 0.0962. The monoisotopic (exact) mass is 596 g/mol. The number of anilines is 1. The summed E-state index contributed by atoms with van der Waals surface area (Å²) in [6.07, 6.45) is -2.98. The van der Waals surface area contributed by atoms with Crippen molar-refractivity contribution >= 4 is 33.0 Å². The third-order valence-corrected chi connectivity index (χ3v) is 8.26. The van der Waals surface area contributed by atoms with Crippen LogP contribution in [0.2, 0.25) is 0 Å². The highest BCUT2D eigenvalue weighted by Crippen LogP contribution is 2.48. The molecule has 6 atom stereocenters. The fourth-order valence-electron chi connectivity index (χ4n) is 5.81. The number of amides is 1. The molecule has 1 fully saturated rings. The van der Waals surface area contributed by atoms with Gasteiger partial charge in [0.25, 0.3) is 5.56 Å². The van der Waals surface area contributed by atoms with E-state index < -0.39 is 64.7 Å². The van der Waals surface area contributed by atoms with E-state index in [4.69, 9.17) is 4.74 Å². The van der Waals surface area contributed by atoms with Crippen LogP contribution in [0.15, 0.2) is 59.7 Å². The van der Waals surface area contributed by atoms with Crippen LogP contribution in [0.3, 0.4) is 0 Å². The largest absolute Gasteiger partial charge is 0.394 e. The third kappa shape index (κ3) is 4.59. The average Bonchev–Trinajstić information content (AvgIpc) is 3.50. The number of imidazole rings is 1. The number of hydrogen-bond acceptors (Lipinski definition) is 10. The zero-order valence-electron chi connectivity index (χ0n) is 22.4. The number of aromatic amines is 1. The van der Waals surface area contributed by atoms with Crippen molar-refractivity contribution in [3.05, 3.63) is 76.3 Å². The van der Waals surface area contributed by atoms with E-state index in [0.29, 0.717) is 11.1 Å². The number of aromatic nitrogens is 4. The molecule has 4 aromatic rings. The number of benzene rings is 2. The minimum absolute atomic E-state index is 0.0630. The first-order valence-electron chi connectivity index (χ1n) is 13.0. The highest BCUT2D eigenvalue weighted by Gasteiger charge is 2.45. The van der Waals surface area contributed by atoms with Gasteiger partial charge >= 0.3 is 0 Å². The van der Waals surface area contributed by atoms with Crippen molar-refractivity contribution in [3.63, 3.8) is 0 Å². The topological polar surface area (TPSA) is 200 Å². The van der Waals surface area contributed by atoms with Gasteiger partial charge in [-0.05, 0) is 22.3 Å². The van der Waals surface area contributed by atoms with Gasteiger partial charge in [0, 0.05) is 6.92 Å². The number of hydrogen-bond donors (Lipinski definition) is 5. The summed E-state index contributed by atoms with van der Waals surface area (Å²) in [6, 6.07) is 12.6. The van der Waals surface area contributed by atoms with Crippen molar-refractivity contribution in [2.24, 2.45) is 0 Å². The number of nitrogens with one attached hydrogen (secondary N) is 2. The third-order valence-electron chi connectivity index (χ3n) is 7.58. The molecule has 42 heavy (non-hydrogen) atoms. The van der Waals surface area contributed by atoms with Gasteiger partial charge in [-0.3, -0.25) is 24.0 Å². The number of aliphatic hydroxyl groups is 3. The molecule has 5 N–H and O–H groups in total. The Morgan fingerprint density at radius 1 is 1.10 bits per heavy atom. The first-order valence-corrected chi connectivity index (χ1v) is 14.9. The Balaban J connectivity index is 1.55. The summed E-state index contributed by atoms with van der Waals surface area (Å²) in [5, 5.41) is 30.4. The van der Waals surface area contributed by atoms with Gasteiger partial charge in [0.1, 0.15) is 18.3 Å². The summed E-state index contributed by atoms with van der Waals surface area (Å²) in [7, 11) is -3.80. The molecule has 0 spiro atoms. The van der Waals surface area contributed by atoms with Crippen LogP contribution < -0.4 is 15.2 Å². The molecule has 1 aliphatic carbocycles. The fourth-order valence-corrected chi connectivity index (χ4v) is 6.53. The molecular formula is C27H28N6O8S. The van der Waals surface area contributed by atoms with Crippen molar-refractivity contribution in [3.8, 4) is 11.1 Å². The molecule has 2 aromatic heterocycles. The van der Waals surface area contributed by atoms with Crippen LogP contribution >= 0.6 is 0 Å². The second-order valence-electron chi connectivity index (χ2n) is 10.3. The van der Waals surface area contributed by atoms with Crippen molar-refractivity contribution in [2.75, 3.05) is 17.8 Å². The Bertz CT molecular complexity index is 1860. The predicted molar refractivity (Wildman–Crippen MR) is 150 cm³/mol. The van der Waals surface area contributed by atoms with E-state index in [-0.39, 0.29) is 17.1 Å². The van der Waals surface area contributed by atoms with Gasteiger partial charge in [0.15, 0.2) is 17.4 Å². The van der Waals surface area contributed by atoms with Crippen LogP contribution in [-0.4, -0.2) is 80.3 Å². The molecule has 1 aliphatic heterocycles. The van der Waals surface area contributed by atoms with Crippen LogP contribution in [0.4, 0.5) is 5.95 Å². The van der Waals surface area contributed by atoms with Crippen LogP contribution in [0, 0.1) is 0 Å².